The zero-order valence-corrected chi connectivity index (χ0v) is 11.1. The highest BCUT2D eigenvalue weighted by Gasteiger charge is 2.19. The van der Waals surface area contributed by atoms with Crippen LogP contribution < -0.4 is 10.2 Å². The average molecular weight is 252 g/mol. The summed E-state index contributed by atoms with van der Waals surface area (Å²) in [6.07, 6.45) is 2.43. The normalized spacial score (nSPS) is 19.2. The molecular weight excluding hydrogens is 231 g/mol. The Labute approximate surface area is 108 Å². The number of rotatable bonds is 5. The molecule has 1 aliphatic heterocycles. The second kappa shape index (κ2) is 6.16. The van der Waals surface area contributed by atoms with Gasteiger partial charge in [-0.1, -0.05) is 6.07 Å². The number of halogens is 1. The first kappa shape index (κ1) is 13.3. The van der Waals surface area contributed by atoms with Crippen molar-refractivity contribution in [1.29, 1.82) is 0 Å². The second-order valence-corrected chi connectivity index (χ2v) is 4.83. The van der Waals surface area contributed by atoms with Crippen LogP contribution >= 0.6 is 0 Å². The van der Waals surface area contributed by atoms with Crippen molar-refractivity contribution < 1.29 is 9.13 Å². The van der Waals surface area contributed by atoms with Crippen LogP contribution in [0.5, 0.6) is 0 Å². The summed E-state index contributed by atoms with van der Waals surface area (Å²) in [4.78, 5) is 1.94. The molecule has 1 atom stereocenters. The first-order chi connectivity index (χ1) is 8.70. The molecule has 1 aliphatic rings. The van der Waals surface area contributed by atoms with E-state index in [1.54, 1.807) is 6.07 Å². The molecule has 1 aromatic carbocycles. The van der Waals surface area contributed by atoms with Crippen molar-refractivity contribution >= 4 is 5.69 Å². The Bertz CT molecular complexity index is 391. The van der Waals surface area contributed by atoms with Gasteiger partial charge in [0.1, 0.15) is 5.82 Å². The fourth-order valence-electron chi connectivity index (χ4n) is 2.37. The first-order valence-corrected chi connectivity index (χ1v) is 6.46. The maximum Gasteiger partial charge on any atom is 0.146 e. The Morgan fingerprint density at radius 1 is 1.50 bits per heavy atom. The zero-order valence-electron chi connectivity index (χ0n) is 11.1. The molecule has 3 nitrogen and oxygen atoms in total. The molecule has 1 aromatic rings. The van der Waals surface area contributed by atoms with Gasteiger partial charge in [0.25, 0.3) is 0 Å². The molecule has 1 N–H and O–H groups in total. The fourth-order valence-corrected chi connectivity index (χ4v) is 2.37. The maximum absolute atomic E-state index is 14.0. The standard InChI is InChI=1S/C14H21FN2O/c1-16-9-11-5-6-14(13(15)8-11)17(2)10-12-4-3-7-18-12/h5-6,8,12,16H,3-4,7,9-10H2,1-2H3. The molecule has 0 aliphatic carbocycles. The lowest BCUT2D eigenvalue weighted by Crippen LogP contribution is -2.29. The van der Waals surface area contributed by atoms with Crippen LogP contribution in [0.3, 0.4) is 0 Å². The number of nitrogens with one attached hydrogen (secondary N) is 1. The SMILES string of the molecule is CNCc1ccc(N(C)CC2CCCO2)c(F)c1. The van der Waals surface area contributed by atoms with Crippen molar-refractivity contribution in [3.8, 4) is 0 Å². The molecule has 0 aromatic heterocycles. The van der Waals surface area contributed by atoms with Crippen LogP contribution in [0.2, 0.25) is 0 Å². The van der Waals surface area contributed by atoms with Crippen LogP contribution in [0.25, 0.3) is 0 Å². The smallest absolute Gasteiger partial charge is 0.146 e. The van der Waals surface area contributed by atoms with Crippen LogP contribution in [0, 0.1) is 5.82 Å². The summed E-state index contributed by atoms with van der Waals surface area (Å²) in [5.74, 6) is -0.164. The summed E-state index contributed by atoms with van der Waals surface area (Å²) in [6.45, 7) is 2.27. The predicted octanol–water partition coefficient (Wildman–Crippen LogP) is 2.16. The van der Waals surface area contributed by atoms with E-state index in [0.717, 1.165) is 31.6 Å². The van der Waals surface area contributed by atoms with E-state index in [9.17, 15) is 4.39 Å². The van der Waals surface area contributed by atoms with Gasteiger partial charge >= 0.3 is 0 Å². The summed E-state index contributed by atoms with van der Waals surface area (Å²) in [5, 5.41) is 3.02. The number of anilines is 1. The van der Waals surface area contributed by atoms with E-state index >= 15 is 0 Å². The third-order valence-electron chi connectivity index (χ3n) is 3.31. The van der Waals surface area contributed by atoms with Gasteiger partial charge in [0.15, 0.2) is 0 Å². The minimum atomic E-state index is -0.164. The lowest BCUT2D eigenvalue weighted by molar-refractivity contribution is 0.116. The predicted molar refractivity (Wildman–Crippen MR) is 71.4 cm³/mol. The molecule has 0 saturated carbocycles. The summed E-state index contributed by atoms with van der Waals surface area (Å²) in [5.41, 5.74) is 1.61. The third-order valence-corrected chi connectivity index (χ3v) is 3.31. The highest BCUT2D eigenvalue weighted by Crippen LogP contribution is 2.22. The van der Waals surface area contributed by atoms with Gasteiger partial charge in [-0.2, -0.15) is 0 Å². The number of likely N-dealkylation sites (N-methyl/N-ethyl adjacent to an activating group) is 1. The number of benzene rings is 1. The van der Waals surface area contributed by atoms with Gasteiger partial charge in [0, 0.05) is 26.7 Å². The Kier molecular flexibility index (Phi) is 4.55. The molecule has 0 radical (unpaired) electrons. The number of nitrogens with zero attached hydrogens (tertiary/aromatic N) is 1. The van der Waals surface area contributed by atoms with Crippen molar-refractivity contribution in [1.82, 2.24) is 5.32 Å². The molecule has 0 amide bonds. The Balaban J connectivity index is 2.02. The third kappa shape index (κ3) is 3.21. The monoisotopic (exact) mass is 252 g/mol. The van der Waals surface area contributed by atoms with Gasteiger partial charge in [-0.05, 0) is 37.6 Å². The van der Waals surface area contributed by atoms with Crippen molar-refractivity contribution in [2.24, 2.45) is 0 Å². The largest absolute Gasteiger partial charge is 0.376 e. The molecule has 18 heavy (non-hydrogen) atoms. The molecule has 1 unspecified atom stereocenters. The summed E-state index contributed by atoms with van der Waals surface area (Å²) in [6, 6.07) is 5.40. The number of hydrogen-bond donors (Lipinski definition) is 1. The highest BCUT2D eigenvalue weighted by molar-refractivity contribution is 5.48. The topological polar surface area (TPSA) is 24.5 Å². The average Bonchev–Trinajstić information content (AvgIpc) is 2.82. The number of ether oxygens (including phenoxy) is 1. The van der Waals surface area contributed by atoms with Crippen LogP contribution in [0.4, 0.5) is 10.1 Å². The molecule has 0 bridgehead atoms. The van der Waals surface area contributed by atoms with Crippen molar-refractivity contribution in [3.05, 3.63) is 29.6 Å². The molecular formula is C14H21FN2O. The van der Waals surface area contributed by atoms with Crippen molar-refractivity contribution in [3.63, 3.8) is 0 Å². The zero-order chi connectivity index (χ0) is 13.0. The van der Waals surface area contributed by atoms with Gasteiger partial charge < -0.3 is 15.0 Å². The second-order valence-electron chi connectivity index (χ2n) is 4.83. The van der Waals surface area contributed by atoms with Gasteiger partial charge in [0.05, 0.1) is 11.8 Å². The lowest BCUT2D eigenvalue weighted by atomic mass is 10.1. The summed E-state index contributed by atoms with van der Waals surface area (Å²) < 4.78 is 19.6. The van der Waals surface area contributed by atoms with Crippen molar-refractivity contribution in [2.75, 3.05) is 32.1 Å². The molecule has 0 spiro atoms. The van der Waals surface area contributed by atoms with E-state index in [2.05, 4.69) is 5.32 Å². The van der Waals surface area contributed by atoms with E-state index in [1.165, 1.54) is 0 Å². The Hall–Kier alpha value is -1.13. The van der Waals surface area contributed by atoms with Gasteiger partial charge in [0.2, 0.25) is 0 Å². The van der Waals surface area contributed by atoms with E-state index in [0.29, 0.717) is 12.2 Å². The molecule has 1 saturated heterocycles. The van der Waals surface area contributed by atoms with Gasteiger partial charge in [-0.3, -0.25) is 0 Å². The quantitative estimate of drug-likeness (QED) is 0.869. The first-order valence-electron chi connectivity index (χ1n) is 6.46. The minimum absolute atomic E-state index is 0.164. The van der Waals surface area contributed by atoms with Gasteiger partial charge in [-0.25, -0.2) is 4.39 Å². The Morgan fingerprint density at radius 2 is 2.33 bits per heavy atom. The van der Waals surface area contributed by atoms with Crippen molar-refractivity contribution in [2.45, 2.75) is 25.5 Å². The maximum atomic E-state index is 14.0. The molecule has 4 heteroatoms. The van der Waals surface area contributed by atoms with E-state index < -0.39 is 0 Å². The summed E-state index contributed by atoms with van der Waals surface area (Å²) in [7, 11) is 3.77. The minimum Gasteiger partial charge on any atom is -0.376 e. The fraction of sp³-hybridized carbons (Fsp3) is 0.571. The van der Waals surface area contributed by atoms with Crippen LogP contribution in [0.1, 0.15) is 18.4 Å². The van der Waals surface area contributed by atoms with E-state index in [4.69, 9.17) is 4.74 Å². The molecule has 2 rings (SSSR count). The lowest BCUT2D eigenvalue weighted by Gasteiger charge is -2.23. The van der Waals surface area contributed by atoms with E-state index in [1.807, 2.05) is 31.1 Å². The van der Waals surface area contributed by atoms with Crippen LogP contribution in [0.15, 0.2) is 18.2 Å². The highest BCUT2D eigenvalue weighted by atomic mass is 19.1. The Morgan fingerprint density at radius 3 is 2.94 bits per heavy atom. The van der Waals surface area contributed by atoms with Crippen LogP contribution in [-0.4, -0.2) is 33.4 Å². The molecule has 100 valence electrons. The summed E-state index contributed by atoms with van der Waals surface area (Å²) >= 11 is 0. The van der Waals surface area contributed by atoms with Gasteiger partial charge in [-0.15, -0.1) is 0 Å². The molecule has 1 heterocycles. The van der Waals surface area contributed by atoms with E-state index in [-0.39, 0.29) is 11.9 Å². The molecule has 1 fully saturated rings. The number of hydrogen-bond acceptors (Lipinski definition) is 3. The van der Waals surface area contributed by atoms with Crippen LogP contribution in [-0.2, 0) is 11.3 Å².